The number of carbonyl (C=O) groups excluding carboxylic acids is 4. The molecular formula is C70H110N14O13S2. The van der Waals surface area contributed by atoms with Gasteiger partial charge in [0.15, 0.2) is 10.2 Å². The molecule has 6 heterocycles. The Morgan fingerprint density at radius 1 is 0.465 bits per heavy atom. The molecule has 2 aromatic carbocycles. The summed E-state index contributed by atoms with van der Waals surface area (Å²) < 4.78 is 49.6. The maximum Gasteiger partial charge on any atom is 0.225 e. The average molecular weight is 1420 g/mol. The minimum atomic E-state index is -0.0169. The fourth-order valence-electron chi connectivity index (χ4n) is 11.5. The van der Waals surface area contributed by atoms with Crippen molar-refractivity contribution in [2.24, 2.45) is 0 Å². The highest BCUT2D eigenvalue weighted by molar-refractivity contribution is 8.13. The van der Waals surface area contributed by atoms with E-state index in [0.717, 1.165) is 171 Å². The molecule has 27 nitrogen and oxygen atoms in total. The third kappa shape index (κ3) is 27.3. The van der Waals surface area contributed by atoms with E-state index in [-0.39, 0.29) is 34.9 Å². The molecule has 0 unspecified atom stereocenters. The van der Waals surface area contributed by atoms with Gasteiger partial charge in [0.1, 0.15) is 45.4 Å². The molecule has 0 spiro atoms. The molecule has 550 valence electrons. The zero-order valence-electron chi connectivity index (χ0n) is 59.5. The number of pyridine rings is 2. The van der Waals surface area contributed by atoms with Gasteiger partial charge in [0, 0.05) is 154 Å². The van der Waals surface area contributed by atoms with Crippen LogP contribution in [-0.4, -0.2) is 296 Å². The Hall–Kier alpha value is -6.06. The number of amides is 2. The first-order valence-electron chi connectivity index (χ1n) is 35.2. The number of anilines is 4. The van der Waals surface area contributed by atoms with Crippen LogP contribution in [0.15, 0.2) is 36.4 Å². The Morgan fingerprint density at radius 3 is 1.19 bits per heavy atom. The van der Waals surface area contributed by atoms with E-state index in [1.165, 1.54) is 23.5 Å². The number of aromatic amines is 2. The van der Waals surface area contributed by atoms with Crippen molar-refractivity contribution in [2.75, 3.05) is 245 Å². The fraction of sp³-hybridized carbons (Fsp3) is 0.657. The van der Waals surface area contributed by atoms with Crippen molar-refractivity contribution in [3.05, 3.63) is 48.0 Å². The number of piperazine rings is 2. The monoisotopic (exact) mass is 1420 g/mol. The topological polar surface area (TPSA) is 306 Å². The van der Waals surface area contributed by atoms with Gasteiger partial charge in [-0.3, -0.25) is 29.0 Å². The number of fused-ring (bicyclic) bond motifs is 6. The summed E-state index contributed by atoms with van der Waals surface area (Å²) in [7, 11) is 3.25. The molecule has 2 aliphatic rings. The van der Waals surface area contributed by atoms with Crippen LogP contribution < -0.4 is 21.3 Å². The maximum absolute atomic E-state index is 13.0. The van der Waals surface area contributed by atoms with Crippen molar-refractivity contribution in [1.29, 1.82) is 0 Å². The molecule has 6 N–H and O–H groups in total. The number of ether oxygens (including phenoxy) is 9. The van der Waals surface area contributed by atoms with Crippen LogP contribution in [0.3, 0.4) is 0 Å². The molecule has 99 heavy (non-hydrogen) atoms. The highest BCUT2D eigenvalue weighted by Gasteiger charge is 2.23. The number of thioether (sulfide) groups is 2. The van der Waals surface area contributed by atoms with Crippen LogP contribution in [0.5, 0.6) is 0 Å². The predicted molar refractivity (Wildman–Crippen MR) is 394 cm³/mol. The molecule has 8 rings (SSSR count). The number of imidazole rings is 2. The quantitative estimate of drug-likeness (QED) is 0.0288. The predicted octanol–water partition coefficient (Wildman–Crippen LogP) is 6.72. The van der Waals surface area contributed by atoms with E-state index < -0.39 is 0 Å². The number of carbonyl (C=O) groups is 4. The molecule has 0 radical (unpaired) electrons. The number of methoxy groups -OCH3 is 2. The second kappa shape index (κ2) is 45.7. The van der Waals surface area contributed by atoms with Crippen LogP contribution in [0.2, 0.25) is 0 Å². The summed E-state index contributed by atoms with van der Waals surface area (Å²) in [6.07, 6.45) is 11.0. The van der Waals surface area contributed by atoms with E-state index in [1.807, 2.05) is 12.1 Å². The number of nitrogens with one attached hydrogen (secondary N) is 2. The molecule has 2 amide bonds. The summed E-state index contributed by atoms with van der Waals surface area (Å²) in [5, 5.41) is 2.22. The molecule has 4 aromatic heterocycles. The molecule has 0 aliphatic carbocycles. The van der Waals surface area contributed by atoms with E-state index in [4.69, 9.17) is 64.1 Å². The van der Waals surface area contributed by atoms with Gasteiger partial charge in [0.2, 0.25) is 11.8 Å². The number of nitrogens with two attached hydrogens (primary N) is 2. The van der Waals surface area contributed by atoms with Crippen molar-refractivity contribution in [3.63, 3.8) is 0 Å². The van der Waals surface area contributed by atoms with Crippen LogP contribution in [0.25, 0.3) is 43.9 Å². The van der Waals surface area contributed by atoms with Crippen LogP contribution in [0.1, 0.15) is 76.9 Å². The third-order valence-corrected chi connectivity index (χ3v) is 18.6. The number of nitrogen functional groups attached to an aromatic ring is 2. The molecule has 29 heteroatoms. The summed E-state index contributed by atoms with van der Waals surface area (Å²) in [5.74, 6) is 2.87. The summed E-state index contributed by atoms with van der Waals surface area (Å²) in [6.45, 7) is 22.2. The smallest absolute Gasteiger partial charge is 0.225 e. The summed E-state index contributed by atoms with van der Waals surface area (Å²) in [4.78, 5) is 87.9. The van der Waals surface area contributed by atoms with Crippen molar-refractivity contribution in [1.82, 2.24) is 49.5 Å². The van der Waals surface area contributed by atoms with E-state index in [0.29, 0.717) is 156 Å². The number of nitrogens with zero attached hydrogens (tertiary/aromatic N) is 10. The molecule has 2 saturated heterocycles. The van der Waals surface area contributed by atoms with E-state index in [2.05, 4.69) is 77.6 Å². The minimum Gasteiger partial charge on any atom is -0.382 e. The van der Waals surface area contributed by atoms with Gasteiger partial charge in [-0.05, 0) is 61.8 Å². The first-order valence-corrected chi connectivity index (χ1v) is 37.6. The number of H-pyrrole nitrogens is 2. The van der Waals surface area contributed by atoms with Gasteiger partial charge in [-0.1, -0.05) is 50.2 Å². The van der Waals surface area contributed by atoms with Gasteiger partial charge in [-0.15, -0.1) is 0 Å². The van der Waals surface area contributed by atoms with Gasteiger partial charge in [-0.2, -0.15) is 0 Å². The second-order valence-corrected chi connectivity index (χ2v) is 26.0. The first-order chi connectivity index (χ1) is 48.4. The maximum atomic E-state index is 13.0. The standard InChI is InChI=1S/C36H57N7O7S.C34H53N7O6S/c1-4-5-6-31-39-34-29-27-28(7-8-30(29)38-36(37)35(34)40-31)42-13-11-41(12-14-42)15-20-49-22-17-43(16-21-47-19-10-33(45)51-3)32(44)9-18-48-25-26-50-24-23-46-2;1-4-5-6-29-37-32-27-25-26(7-8-28(27)36-34(35)33(32)38-29)40-13-11-39(12-14-40)15-20-47-22-17-41(16-21-45-19-10-31(43)48-3)30(42)9-18-46-24-23-44-2/h7-8,27H,4-6,9-26H2,1-3H3,(H2,37,38)(H,39,40);7-8,25H,4-6,9-24H2,1-3H3,(H2,35,36)(H,37,38). The number of benzene rings is 2. The molecule has 2 aliphatic heterocycles. The van der Waals surface area contributed by atoms with Crippen LogP contribution in [-0.2, 0) is 74.7 Å². The first kappa shape index (κ1) is 80.3. The summed E-state index contributed by atoms with van der Waals surface area (Å²) >= 11 is 2.40. The lowest BCUT2D eigenvalue weighted by Crippen LogP contribution is -2.47. The number of unbranched alkanes of at least 4 members (excludes halogenated alkanes) is 2. The van der Waals surface area contributed by atoms with Crippen molar-refractivity contribution < 1.29 is 61.8 Å². The van der Waals surface area contributed by atoms with E-state index in [1.54, 1.807) is 36.5 Å². The lowest BCUT2D eigenvalue weighted by molar-refractivity contribution is -0.134. The SMILES string of the molecule is CCCCc1nc2c([nH]1)c(N)nc1ccc(N3CCN(CCOCCN(CCOCCC(=O)SC)C(=O)CCOCCOC)CC3)cc12.CCCCc1nc2c([nH]1)c(N)nc1ccc(N3CCN(CCOCCN(CCOCCC(=O)SC)C(=O)CCOCCOCCOC)CC3)cc12. The zero-order valence-corrected chi connectivity index (χ0v) is 61.1. The number of aromatic nitrogens is 6. The normalized spacial score (nSPS) is 13.9. The zero-order chi connectivity index (χ0) is 70.4. The molecular weight excluding hydrogens is 1310 g/mol. The Bertz CT molecular complexity index is 3350. The van der Waals surface area contributed by atoms with Gasteiger partial charge >= 0.3 is 0 Å². The lowest BCUT2D eigenvalue weighted by atomic mass is 10.1. The molecule has 0 atom stereocenters. The van der Waals surface area contributed by atoms with Crippen molar-refractivity contribution in [3.8, 4) is 0 Å². The van der Waals surface area contributed by atoms with Crippen LogP contribution >= 0.6 is 23.5 Å². The molecule has 0 saturated carbocycles. The lowest BCUT2D eigenvalue weighted by Gasteiger charge is -2.36. The van der Waals surface area contributed by atoms with Gasteiger partial charge in [0.05, 0.1) is 130 Å². The van der Waals surface area contributed by atoms with Gasteiger partial charge < -0.3 is 83.7 Å². The Labute approximate surface area is 592 Å². The molecule has 0 bridgehead atoms. The van der Waals surface area contributed by atoms with E-state index in [9.17, 15) is 19.2 Å². The summed E-state index contributed by atoms with van der Waals surface area (Å²) in [6, 6.07) is 12.7. The number of hydrogen-bond donors (Lipinski definition) is 4. The van der Waals surface area contributed by atoms with Gasteiger partial charge in [-0.25, -0.2) is 19.9 Å². The van der Waals surface area contributed by atoms with Gasteiger partial charge in [0.25, 0.3) is 0 Å². The number of aryl methyl sites for hydroxylation is 2. The Morgan fingerprint density at radius 2 is 0.818 bits per heavy atom. The largest absolute Gasteiger partial charge is 0.382 e. The summed E-state index contributed by atoms with van der Waals surface area (Å²) in [5.41, 5.74) is 20.0. The fourth-order valence-corrected chi connectivity index (χ4v) is 12.0. The van der Waals surface area contributed by atoms with Crippen molar-refractivity contribution in [2.45, 2.75) is 78.1 Å². The molecule has 6 aromatic rings. The molecule has 2 fully saturated rings. The average Bonchev–Trinajstić information content (AvgIpc) is 1.70. The second-order valence-electron chi connectivity index (χ2n) is 24.3. The minimum absolute atomic E-state index is 0.00572. The highest BCUT2D eigenvalue weighted by Crippen LogP contribution is 2.32. The van der Waals surface area contributed by atoms with Crippen LogP contribution in [0.4, 0.5) is 23.0 Å². The van der Waals surface area contributed by atoms with Crippen molar-refractivity contribution >= 4 is 112 Å². The Kier molecular flexibility index (Phi) is 37.1. The van der Waals surface area contributed by atoms with Crippen LogP contribution in [0, 0.1) is 0 Å². The number of rotatable bonds is 47. The number of hydrogen-bond acceptors (Lipinski definition) is 25. The third-order valence-electron chi connectivity index (χ3n) is 17.3. The van der Waals surface area contributed by atoms with E-state index >= 15 is 0 Å². The Balaban J connectivity index is 0.000000279. The highest BCUT2D eigenvalue weighted by atomic mass is 32.2.